The lowest BCUT2D eigenvalue weighted by atomic mass is 10.3. The van der Waals surface area contributed by atoms with Crippen molar-refractivity contribution < 1.29 is 0 Å². The summed E-state index contributed by atoms with van der Waals surface area (Å²) in [6.45, 7) is 0. The maximum atomic E-state index is 4.38. The summed E-state index contributed by atoms with van der Waals surface area (Å²) in [7, 11) is 2.02. The number of anilines is 2. The van der Waals surface area contributed by atoms with Crippen LogP contribution in [-0.4, -0.2) is 17.0 Å². The summed E-state index contributed by atoms with van der Waals surface area (Å²) in [5.41, 5.74) is 1.12. The molecule has 3 heterocycles. The van der Waals surface area contributed by atoms with Crippen molar-refractivity contribution in [2.75, 3.05) is 11.9 Å². The Kier molecular flexibility index (Phi) is 1.89. The fourth-order valence-electron chi connectivity index (χ4n) is 1.66. The summed E-state index contributed by atoms with van der Waals surface area (Å²) in [6, 6.07) is 6.09. The molecular formula is C11H9N3S. The van der Waals surface area contributed by atoms with Crippen molar-refractivity contribution in [3.05, 3.63) is 36.8 Å². The molecule has 0 amide bonds. The lowest BCUT2D eigenvalue weighted by Gasteiger charge is -2.27. The molecule has 0 radical (unpaired) electrons. The Balaban J connectivity index is 2.20. The standard InChI is InChI=1S/C11H9N3S/c1-14-8-7-12-6-4-9(8)15-10-3-2-5-13-11(10)14/h2-7H,1H3. The smallest absolute Gasteiger partial charge is 0.146 e. The number of pyridine rings is 2. The number of rotatable bonds is 0. The van der Waals surface area contributed by atoms with Crippen molar-refractivity contribution in [2.24, 2.45) is 0 Å². The quantitative estimate of drug-likeness (QED) is 0.675. The molecule has 1 aliphatic rings. The molecule has 0 fully saturated rings. The summed E-state index contributed by atoms with van der Waals surface area (Å²) in [6.07, 6.45) is 5.51. The number of hydrogen-bond donors (Lipinski definition) is 0. The molecule has 1 aliphatic heterocycles. The highest BCUT2D eigenvalue weighted by molar-refractivity contribution is 7.99. The van der Waals surface area contributed by atoms with Crippen LogP contribution in [0.15, 0.2) is 46.6 Å². The average molecular weight is 215 g/mol. The fraction of sp³-hybridized carbons (Fsp3) is 0.0909. The fourth-order valence-corrected chi connectivity index (χ4v) is 2.75. The van der Waals surface area contributed by atoms with Gasteiger partial charge in [0.2, 0.25) is 0 Å². The van der Waals surface area contributed by atoms with Crippen molar-refractivity contribution in [3.8, 4) is 0 Å². The van der Waals surface area contributed by atoms with Gasteiger partial charge in [-0.2, -0.15) is 0 Å². The average Bonchev–Trinajstić information content (AvgIpc) is 2.30. The van der Waals surface area contributed by atoms with E-state index in [1.165, 1.54) is 9.79 Å². The molecule has 3 rings (SSSR count). The maximum absolute atomic E-state index is 4.38. The molecule has 0 atom stereocenters. The molecule has 0 saturated heterocycles. The van der Waals surface area contributed by atoms with Gasteiger partial charge in [-0.25, -0.2) is 4.98 Å². The van der Waals surface area contributed by atoms with E-state index >= 15 is 0 Å². The highest BCUT2D eigenvalue weighted by Crippen LogP contribution is 2.45. The third-order valence-electron chi connectivity index (χ3n) is 2.41. The predicted octanol–water partition coefficient (Wildman–Crippen LogP) is 2.71. The second kappa shape index (κ2) is 3.24. The van der Waals surface area contributed by atoms with Gasteiger partial charge < -0.3 is 4.90 Å². The largest absolute Gasteiger partial charge is 0.326 e. The third kappa shape index (κ3) is 1.29. The number of fused-ring (bicyclic) bond motifs is 2. The molecule has 0 aliphatic carbocycles. The Bertz CT molecular complexity index is 467. The van der Waals surface area contributed by atoms with Gasteiger partial charge in [-0.05, 0) is 18.2 Å². The molecular weight excluding hydrogens is 206 g/mol. The summed E-state index contributed by atoms with van der Waals surface area (Å²) in [4.78, 5) is 13.0. The van der Waals surface area contributed by atoms with Gasteiger partial charge in [0.25, 0.3) is 0 Å². The highest BCUT2D eigenvalue weighted by Gasteiger charge is 2.20. The lowest BCUT2D eigenvalue weighted by Crippen LogP contribution is -2.16. The van der Waals surface area contributed by atoms with E-state index < -0.39 is 0 Å². The normalized spacial score (nSPS) is 13.3. The van der Waals surface area contributed by atoms with Crippen LogP contribution in [0.1, 0.15) is 0 Å². The molecule has 4 heteroatoms. The van der Waals surface area contributed by atoms with Gasteiger partial charge in [0.1, 0.15) is 5.82 Å². The molecule has 0 unspecified atom stereocenters. The lowest BCUT2D eigenvalue weighted by molar-refractivity contribution is 1.03. The zero-order chi connectivity index (χ0) is 10.3. The molecule has 2 aromatic rings. The van der Waals surface area contributed by atoms with E-state index in [4.69, 9.17) is 0 Å². The highest BCUT2D eigenvalue weighted by atomic mass is 32.2. The summed E-state index contributed by atoms with van der Waals surface area (Å²) in [5, 5.41) is 0. The van der Waals surface area contributed by atoms with Crippen molar-refractivity contribution in [2.45, 2.75) is 9.79 Å². The first-order valence-corrected chi connectivity index (χ1v) is 5.48. The van der Waals surface area contributed by atoms with Gasteiger partial charge in [-0.15, -0.1) is 0 Å². The number of nitrogens with zero attached hydrogens (tertiary/aromatic N) is 3. The first-order valence-electron chi connectivity index (χ1n) is 4.67. The van der Waals surface area contributed by atoms with Crippen LogP contribution in [-0.2, 0) is 0 Å². The SMILES string of the molecule is CN1c2cnccc2Sc2cccnc21. The van der Waals surface area contributed by atoms with Gasteiger partial charge in [0.15, 0.2) is 0 Å². The predicted molar refractivity (Wildman–Crippen MR) is 60.7 cm³/mol. The van der Waals surface area contributed by atoms with E-state index in [1.54, 1.807) is 11.8 Å². The Labute approximate surface area is 92.2 Å². The molecule has 74 valence electrons. The van der Waals surface area contributed by atoms with E-state index in [2.05, 4.69) is 20.9 Å². The first-order chi connectivity index (χ1) is 7.36. The second-order valence-electron chi connectivity index (χ2n) is 3.33. The molecule has 0 N–H and O–H groups in total. The Hall–Kier alpha value is -1.55. The minimum atomic E-state index is 1.00. The topological polar surface area (TPSA) is 29.0 Å². The Morgan fingerprint density at radius 3 is 3.07 bits per heavy atom. The van der Waals surface area contributed by atoms with Gasteiger partial charge in [-0.1, -0.05) is 11.8 Å². The summed E-state index contributed by atoms with van der Waals surface area (Å²) >= 11 is 1.74. The van der Waals surface area contributed by atoms with Crippen molar-refractivity contribution in [1.82, 2.24) is 9.97 Å². The molecule has 0 spiro atoms. The van der Waals surface area contributed by atoms with Crippen molar-refractivity contribution in [3.63, 3.8) is 0 Å². The van der Waals surface area contributed by atoms with E-state index in [1.807, 2.05) is 37.8 Å². The van der Waals surface area contributed by atoms with Gasteiger partial charge in [0.05, 0.1) is 16.8 Å². The van der Waals surface area contributed by atoms with E-state index in [0.717, 1.165) is 11.5 Å². The zero-order valence-electron chi connectivity index (χ0n) is 8.21. The molecule has 2 aromatic heterocycles. The molecule has 3 nitrogen and oxygen atoms in total. The van der Waals surface area contributed by atoms with Crippen LogP contribution in [0.3, 0.4) is 0 Å². The van der Waals surface area contributed by atoms with E-state index in [-0.39, 0.29) is 0 Å². The van der Waals surface area contributed by atoms with E-state index in [0.29, 0.717) is 0 Å². The minimum absolute atomic E-state index is 1.00. The van der Waals surface area contributed by atoms with E-state index in [9.17, 15) is 0 Å². The van der Waals surface area contributed by atoms with Crippen LogP contribution in [0.25, 0.3) is 0 Å². The molecule has 0 aromatic carbocycles. The number of aromatic nitrogens is 2. The Morgan fingerprint density at radius 2 is 2.13 bits per heavy atom. The monoisotopic (exact) mass is 215 g/mol. The van der Waals surface area contributed by atoms with Crippen LogP contribution in [0.2, 0.25) is 0 Å². The summed E-state index contributed by atoms with van der Waals surface area (Å²) < 4.78 is 0. The van der Waals surface area contributed by atoms with Gasteiger partial charge in [0, 0.05) is 24.3 Å². The van der Waals surface area contributed by atoms with Crippen LogP contribution < -0.4 is 4.90 Å². The van der Waals surface area contributed by atoms with Crippen molar-refractivity contribution >= 4 is 23.3 Å². The first kappa shape index (κ1) is 8.73. The van der Waals surface area contributed by atoms with Gasteiger partial charge >= 0.3 is 0 Å². The van der Waals surface area contributed by atoms with Crippen LogP contribution in [0, 0.1) is 0 Å². The molecule has 0 saturated carbocycles. The third-order valence-corrected chi connectivity index (χ3v) is 3.51. The zero-order valence-corrected chi connectivity index (χ0v) is 9.03. The maximum Gasteiger partial charge on any atom is 0.146 e. The minimum Gasteiger partial charge on any atom is -0.326 e. The Morgan fingerprint density at radius 1 is 1.20 bits per heavy atom. The van der Waals surface area contributed by atoms with Gasteiger partial charge in [-0.3, -0.25) is 4.98 Å². The van der Waals surface area contributed by atoms with Crippen molar-refractivity contribution in [1.29, 1.82) is 0 Å². The molecule has 0 bridgehead atoms. The van der Waals surface area contributed by atoms with Crippen LogP contribution in [0.4, 0.5) is 11.5 Å². The van der Waals surface area contributed by atoms with Crippen LogP contribution in [0.5, 0.6) is 0 Å². The molecule has 15 heavy (non-hydrogen) atoms. The van der Waals surface area contributed by atoms with Crippen LogP contribution >= 0.6 is 11.8 Å². The summed E-state index contributed by atoms with van der Waals surface area (Å²) in [5.74, 6) is 1.00. The second-order valence-corrected chi connectivity index (χ2v) is 4.41. The number of hydrogen-bond acceptors (Lipinski definition) is 4.